The fraction of sp³-hybridized carbons (Fsp3) is 0.0192. The number of H-pyrrole nitrogens is 1. The molecule has 2 heterocycles. The summed E-state index contributed by atoms with van der Waals surface area (Å²) in [7, 11) is 0. The van der Waals surface area contributed by atoms with Gasteiger partial charge in [0.2, 0.25) is 0 Å². The van der Waals surface area contributed by atoms with Gasteiger partial charge in [0.1, 0.15) is 0 Å². The first-order valence-electron chi connectivity index (χ1n) is 19.1. The van der Waals surface area contributed by atoms with Gasteiger partial charge in [-0.15, -0.1) is 0 Å². The van der Waals surface area contributed by atoms with E-state index in [4.69, 9.17) is 15.0 Å². The molecule has 1 spiro atoms. The van der Waals surface area contributed by atoms with Gasteiger partial charge in [-0.3, -0.25) is 0 Å². The van der Waals surface area contributed by atoms with Crippen LogP contribution >= 0.6 is 0 Å². The lowest BCUT2D eigenvalue weighted by Crippen LogP contribution is -2.25. The Hall–Kier alpha value is -7.43. The molecule has 0 unspecified atom stereocenters. The van der Waals surface area contributed by atoms with Gasteiger partial charge in [0.15, 0.2) is 17.5 Å². The molecule has 0 atom stereocenters. The van der Waals surface area contributed by atoms with Crippen LogP contribution in [0, 0.1) is 0 Å². The standard InChI is InChI=1S/C52H32N4/c1-3-14-32(15-4-1)33-26-28-35(29-27-33)50-54-49(34-16-5-2-6-17-34)55-51(56-50)41-22-13-21-38-39-30-31-45-46(48(39)53-47(38)41)40-20-9-12-25-44(40)52(45)42-23-10-7-18-36(42)37-19-8-11-24-43(37)52/h1-31,53H. The number of fused-ring (bicyclic) bond motifs is 14. The minimum Gasteiger partial charge on any atom is -0.353 e. The molecule has 0 aliphatic heterocycles. The summed E-state index contributed by atoms with van der Waals surface area (Å²) in [5, 5.41) is 2.32. The fourth-order valence-corrected chi connectivity index (χ4v) is 9.54. The second-order valence-corrected chi connectivity index (χ2v) is 14.8. The van der Waals surface area contributed by atoms with Gasteiger partial charge in [-0.1, -0.05) is 182 Å². The van der Waals surface area contributed by atoms with Crippen molar-refractivity contribution in [1.29, 1.82) is 0 Å². The molecular formula is C52H32N4. The van der Waals surface area contributed by atoms with Gasteiger partial charge in [0.05, 0.1) is 16.4 Å². The van der Waals surface area contributed by atoms with Crippen LogP contribution in [0.4, 0.5) is 0 Å². The van der Waals surface area contributed by atoms with Crippen LogP contribution in [0.3, 0.4) is 0 Å². The summed E-state index contributed by atoms with van der Waals surface area (Å²) < 4.78 is 0. The van der Waals surface area contributed by atoms with E-state index in [-0.39, 0.29) is 0 Å². The summed E-state index contributed by atoms with van der Waals surface area (Å²) in [5.41, 5.74) is 17.3. The normalized spacial score (nSPS) is 13.1. The zero-order valence-electron chi connectivity index (χ0n) is 30.2. The van der Waals surface area contributed by atoms with Crippen LogP contribution in [0.2, 0.25) is 0 Å². The zero-order valence-corrected chi connectivity index (χ0v) is 30.2. The number of benzene rings is 8. The second kappa shape index (κ2) is 11.8. The molecule has 4 nitrogen and oxygen atoms in total. The Morgan fingerprint density at radius 2 is 0.768 bits per heavy atom. The van der Waals surface area contributed by atoms with Gasteiger partial charge in [-0.25, -0.2) is 15.0 Å². The Balaban J connectivity index is 1.08. The molecule has 260 valence electrons. The Morgan fingerprint density at radius 3 is 1.43 bits per heavy atom. The maximum atomic E-state index is 5.20. The molecule has 0 bridgehead atoms. The molecule has 0 radical (unpaired) electrons. The number of hydrogen-bond acceptors (Lipinski definition) is 3. The number of nitrogens with zero attached hydrogens (tertiary/aromatic N) is 3. The molecule has 56 heavy (non-hydrogen) atoms. The van der Waals surface area contributed by atoms with Crippen LogP contribution in [-0.4, -0.2) is 19.9 Å². The van der Waals surface area contributed by atoms with Crippen LogP contribution in [0.1, 0.15) is 22.3 Å². The highest BCUT2D eigenvalue weighted by Gasteiger charge is 2.52. The van der Waals surface area contributed by atoms with E-state index >= 15 is 0 Å². The van der Waals surface area contributed by atoms with Crippen molar-refractivity contribution in [3.05, 3.63) is 210 Å². The molecule has 2 aliphatic rings. The van der Waals surface area contributed by atoms with Crippen LogP contribution in [0.15, 0.2) is 188 Å². The molecule has 0 fully saturated rings. The van der Waals surface area contributed by atoms with Crippen LogP contribution in [0.25, 0.3) is 89.4 Å². The Labute approximate surface area is 323 Å². The van der Waals surface area contributed by atoms with Crippen molar-refractivity contribution in [2.24, 2.45) is 0 Å². The van der Waals surface area contributed by atoms with E-state index in [9.17, 15) is 0 Å². The highest BCUT2D eigenvalue weighted by Crippen LogP contribution is 2.63. The van der Waals surface area contributed by atoms with Crippen molar-refractivity contribution in [1.82, 2.24) is 19.9 Å². The topological polar surface area (TPSA) is 54.5 Å². The molecule has 4 heteroatoms. The lowest BCUT2D eigenvalue weighted by molar-refractivity contribution is 0.794. The summed E-state index contributed by atoms with van der Waals surface area (Å²) in [4.78, 5) is 19.4. The van der Waals surface area contributed by atoms with Crippen molar-refractivity contribution >= 4 is 21.8 Å². The van der Waals surface area contributed by atoms with E-state index < -0.39 is 5.41 Å². The molecule has 2 aliphatic carbocycles. The number of aromatic amines is 1. The molecule has 0 amide bonds. The maximum absolute atomic E-state index is 5.20. The number of rotatable bonds is 4. The molecular weight excluding hydrogens is 681 g/mol. The lowest BCUT2D eigenvalue weighted by atomic mass is 9.70. The van der Waals surface area contributed by atoms with Crippen molar-refractivity contribution in [2.45, 2.75) is 5.41 Å². The summed E-state index contributed by atoms with van der Waals surface area (Å²) in [5.74, 6) is 1.91. The van der Waals surface area contributed by atoms with E-state index in [2.05, 4.69) is 169 Å². The van der Waals surface area contributed by atoms with Gasteiger partial charge < -0.3 is 4.98 Å². The van der Waals surface area contributed by atoms with Crippen molar-refractivity contribution in [3.8, 4) is 67.5 Å². The van der Waals surface area contributed by atoms with Crippen molar-refractivity contribution in [2.75, 3.05) is 0 Å². The second-order valence-electron chi connectivity index (χ2n) is 14.8. The largest absolute Gasteiger partial charge is 0.353 e. The highest BCUT2D eigenvalue weighted by atomic mass is 15.0. The third-order valence-corrected chi connectivity index (χ3v) is 11.9. The minimum atomic E-state index is -0.406. The van der Waals surface area contributed by atoms with Gasteiger partial charge >= 0.3 is 0 Å². The summed E-state index contributed by atoms with van der Waals surface area (Å²) in [6.45, 7) is 0. The van der Waals surface area contributed by atoms with E-state index in [0.717, 1.165) is 38.7 Å². The molecule has 1 N–H and O–H groups in total. The predicted molar refractivity (Wildman–Crippen MR) is 227 cm³/mol. The average Bonchev–Trinajstić information content (AvgIpc) is 3.91. The van der Waals surface area contributed by atoms with Crippen LogP contribution < -0.4 is 0 Å². The third-order valence-electron chi connectivity index (χ3n) is 11.9. The highest BCUT2D eigenvalue weighted by molar-refractivity contribution is 6.17. The monoisotopic (exact) mass is 712 g/mol. The minimum absolute atomic E-state index is 0.406. The van der Waals surface area contributed by atoms with Crippen molar-refractivity contribution in [3.63, 3.8) is 0 Å². The maximum Gasteiger partial charge on any atom is 0.166 e. The van der Waals surface area contributed by atoms with Gasteiger partial charge in [-0.05, 0) is 56.1 Å². The lowest BCUT2D eigenvalue weighted by Gasteiger charge is -2.30. The van der Waals surface area contributed by atoms with Crippen molar-refractivity contribution < 1.29 is 0 Å². The number of para-hydroxylation sites is 1. The van der Waals surface area contributed by atoms with Crippen LogP contribution in [0.5, 0.6) is 0 Å². The molecule has 10 aromatic rings. The van der Waals surface area contributed by atoms with E-state index in [0.29, 0.717) is 17.5 Å². The summed E-state index contributed by atoms with van der Waals surface area (Å²) >= 11 is 0. The molecule has 0 saturated carbocycles. The fourth-order valence-electron chi connectivity index (χ4n) is 9.54. The first-order valence-corrected chi connectivity index (χ1v) is 19.1. The quantitative estimate of drug-likeness (QED) is 0.198. The summed E-state index contributed by atoms with van der Waals surface area (Å²) in [6, 6.07) is 67.2. The van der Waals surface area contributed by atoms with E-state index in [1.54, 1.807) is 0 Å². The predicted octanol–water partition coefficient (Wildman–Crippen LogP) is 12.5. The average molecular weight is 713 g/mol. The number of hydrogen-bond donors (Lipinski definition) is 1. The van der Waals surface area contributed by atoms with E-state index in [1.807, 2.05) is 24.3 Å². The molecule has 12 rings (SSSR count). The number of nitrogens with one attached hydrogen (secondary N) is 1. The van der Waals surface area contributed by atoms with Gasteiger partial charge in [0, 0.05) is 33.0 Å². The Morgan fingerprint density at radius 1 is 0.304 bits per heavy atom. The zero-order chi connectivity index (χ0) is 36.8. The first-order chi connectivity index (χ1) is 27.8. The smallest absolute Gasteiger partial charge is 0.166 e. The van der Waals surface area contributed by atoms with Gasteiger partial charge in [-0.2, -0.15) is 0 Å². The third kappa shape index (κ3) is 4.27. The Bertz CT molecular complexity index is 3130. The first kappa shape index (κ1) is 31.0. The summed E-state index contributed by atoms with van der Waals surface area (Å²) in [6.07, 6.45) is 0. The van der Waals surface area contributed by atoms with Gasteiger partial charge in [0.25, 0.3) is 0 Å². The van der Waals surface area contributed by atoms with Crippen LogP contribution in [-0.2, 0) is 5.41 Å². The SMILES string of the molecule is c1ccc(-c2ccc(-c3nc(-c4ccccc4)nc(-c4cccc5c4[nH]c4c6c(ccc45)C4(c5ccccc5-c5ccccc54)c4ccccc4-6)n3)cc2)cc1. The van der Waals surface area contributed by atoms with E-state index in [1.165, 1.54) is 55.5 Å². The number of aromatic nitrogens is 4. The molecule has 2 aromatic heterocycles. The Kier molecular flexibility index (Phi) is 6.52. The molecule has 0 saturated heterocycles. The molecule has 8 aromatic carbocycles.